The topological polar surface area (TPSA) is 3.24 Å². The van der Waals surface area contributed by atoms with Crippen LogP contribution in [-0.4, -0.2) is 13.1 Å². The smallest absolute Gasteiger partial charge is 0.106 e. The SMILES string of the molecule is C=C(C)Cc1c(C2CCCCC2)cc[s+]1N(CC)CC. The van der Waals surface area contributed by atoms with E-state index in [9.17, 15) is 0 Å². The van der Waals surface area contributed by atoms with Crippen LogP contribution in [0.2, 0.25) is 0 Å². The predicted molar refractivity (Wildman–Crippen MR) is 92.6 cm³/mol. The molecule has 1 aliphatic rings. The van der Waals surface area contributed by atoms with Crippen molar-refractivity contribution in [2.24, 2.45) is 0 Å². The Morgan fingerprint density at radius 1 is 1.25 bits per heavy atom. The average Bonchev–Trinajstić information content (AvgIpc) is 2.84. The van der Waals surface area contributed by atoms with Crippen LogP contribution in [0.15, 0.2) is 23.6 Å². The second kappa shape index (κ2) is 7.42. The molecule has 0 saturated heterocycles. The molecule has 1 aliphatic carbocycles. The fourth-order valence-corrected chi connectivity index (χ4v) is 5.76. The van der Waals surface area contributed by atoms with Gasteiger partial charge in [-0.05, 0) is 39.5 Å². The van der Waals surface area contributed by atoms with Gasteiger partial charge in [0.15, 0.2) is 10.3 Å². The van der Waals surface area contributed by atoms with Crippen LogP contribution in [0.5, 0.6) is 0 Å². The Balaban J connectivity index is 2.32. The van der Waals surface area contributed by atoms with Crippen molar-refractivity contribution in [3.8, 4) is 0 Å². The first-order valence-corrected chi connectivity index (χ1v) is 9.45. The van der Waals surface area contributed by atoms with Crippen molar-refractivity contribution in [1.29, 1.82) is 0 Å². The molecule has 1 atom stereocenters. The molecule has 0 aliphatic heterocycles. The molecule has 1 nitrogen and oxygen atoms in total. The summed E-state index contributed by atoms with van der Waals surface area (Å²) >= 11 is 0. The van der Waals surface area contributed by atoms with E-state index in [1.165, 1.54) is 37.7 Å². The Labute approximate surface area is 127 Å². The summed E-state index contributed by atoms with van der Waals surface area (Å²) in [4.78, 5) is 1.67. The zero-order valence-electron chi connectivity index (χ0n) is 13.5. The quantitative estimate of drug-likeness (QED) is 0.488. The average molecular weight is 293 g/mol. The predicted octanol–water partition coefficient (Wildman–Crippen LogP) is 5.58. The van der Waals surface area contributed by atoms with Gasteiger partial charge in [0.2, 0.25) is 0 Å². The van der Waals surface area contributed by atoms with Crippen LogP contribution in [0, 0.1) is 0 Å². The van der Waals surface area contributed by atoms with Gasteiger partial charge in [-0.3, -0.25) is 0 Å². The van der Waals surface area contributed by atoms with E-state index in [1.54, 1.807) is 10.4 Å². The Bertz CT molecular complexity index is 436. The van der Waals surface area contributed by atoms with Crippen LogP contribution >= 0.6 is 10.7 Å². The second-order valence-corrected chi connectivity index (χ2v) is 7.99. The summed E-state index contributed by atoms with van der Waals surface area (Å²) in [7, 11) is 0.216. The molecule has 1 unspecified atom stereocenters. The van der Waals surface area contributed by atoms with Gasteiger partial charge < -0.3 is 0 Å². The number of allylic oxidation sites excluding steroid dienone is 1. The molecule has 1 saturated carbocycles. The summed E-state index contributed by atoms with van der Waals surface area (Å²) in [5.41, 5.74) is 2.98. The minimum atomic E-state index is 0.216. The number of hydrogen-bond acceptors (Lipinski definition) is 1. The fraction of sp³-hybridized carbons (Fsp3) is 0.667. The molecule has 0 aromatic carbocycles. The van der Waals surface area contributed by atoms with Gasteiger partial charge in [-0.1, -0.05) is 31.4 Å². The van der Waals surface area contributed by atoms with Crippen LogP contribution in [0.25, 0.3) is 0 Å². The Hall–Kier alpha value is -0.600. The Morgan fingerprint density at radius 2 is 1.90 bits per heavy atom. The monoisotopic (exact) mass is 292 g/mol. The van der Waals surface area contributed by atoms with Crippen LogP contribution < -0.4 is 4.31 Å². The Kier molecular flexibility index (Phi) is 5.86. The zero-order chi connectivity index (χ0) is 14.5. The summed E-state index contributed by atoms with van der Waals surface area (Å²) in [6, 6.07) is 2.45. The van der Waals surface area contributed by atoms with E-state index in [0.717, 1.165) is 25.4 Å². The van der Waals surface area contributed by atoms with Crippen molar-refractivity contribution in [3.05, 3.63) is 34.0 Å². The molecule has 0 spiro atoms. The highest BCUT2D eigenvalue weighted by Crippen LogP contribution is 2.41. The molecule has 1 heterocycles. The van der Waals surface area contributed by atoms with Gasteiger partial charge in [0.25, 0.3) is 0 Å². The van der Waals surface area contributed by atoms with Crippen LogP contribution in [0.1, 0.15) is 69.2 Å². The molecule has 1 aromatic rings. The highest BCUT2D eigenvalue weighted by molar-refractivity contribution is 7.32. The van der Waals surface area contributed by atoms with E-state index in [4.69, 9.17) is 0 Å². The standard InChI is InChI=1S/C18H30NS/c1-5-19(6-2)20-13-12-17(18(20)14-15(3)4)16-10-8-7-9-11-16/h12-13,16H,3,5-11,14H2,1-2,4H3/q+1. The molecule has 0 bridgehead atoms. The van der Waals surface area contributed by atoms with Gasteiger partial charge in [0, 0.05) is 31.1 Å². The van der Waals surface area contributed by atoms with E-state index in [-0.39, 0.29) is 10.7 Å². The van der Waals surface area contributed by atoms with Gasteiger partial charge >= 0.3 is 0 Å². The van der Waals surface area contributed by atoms with Gasteiger partial charge in [0.05, 0.1) is 10.7 Å². The van der Waals surface area contributed by atoms with E-state index in [0.29, 0.717) is 0 Å². The first-order chi connectivity index (χ1) is 9.67. The first kappa shape index (κ1) is 15.8. The third-order valence-electron chi connectivity index (χ3n) is 4.44. The second-order valence-electron chi connectivity index (χ2n) is 6.08. The maximum atomic E-state index is 4.17. The summed E-state index contributed by atoms with van der Waals surface area (Å²) in [6.45, 7) is 13.2. The summed E-state index contributed by atoms with van der Waals surface area (Å²) in [6.07, 6.45) is 8.16. The van der Waals surface area contributed by atoms with Crippen molar-refractivity contribution in [2.45, 2.75) is 65.2 Å². The lowest BCUT2D eigenvalue weighted by molar-refractivity contribution is 0.443. The number of hydrogen-bond donors (Lipinski definition) is 0. The summed E-state index contributed by atoms with van der Waals surface area (Å²) in [5.74, 6) is 0.822. The van der Waals surface area contributed by atoms with Crippen molar-refractivity contribution in [3.63, 3.8) is 0 Å². The molecule has 2 heteroatoms. The first-order valence-electron chi connectivity index (χ1n) is 8.21. The largest absolute Gasteiger partial charge is 0.179 e. The van der Waals surface area contributed by atoms with Gasteiger partial charge in [-0.15, -0.1) is 4.31 Å². The van der Waals surface area contributed by atoms with Crippen LogP contribution in [0.4, 0.5) is 0 Å². The van der Waals surface area contributed by atoms with Crippen molar-refractivity contribution >= 4 is 10.7 Å². The maximum absolute atomic E-state index is 4.17. The number of rotatable bonds is 6. The molecular formula is C18H30NS+. The van der Waals surface area contributed by atoms with Crippen molar-refractivity contribution in [1.82, 2.24) is 0 Å². The molecule has 20 heavy (non-hydrogen) atoms. The molecule has 112 valence electrons. The minimum Gasteiger partial charge on any atom is -0.106 e. The lowest BCUT2D eigenvalue weighted by Crippen LogP contribution is -2.21. The van der Waals surface area contributed by atoms with Crippen molar-refractivity contribution < 1.29 is 0 Å². The molecular weight excluding hydrogens is 262 g/mol. The molecule has 0 radical (unpaired) electrons. The molecule has 2 rings (SSSR count). The third-order valence-corrected chi connectivity index (χ3v) is 6.79. The minimum absolute atomic E-state index is 0.216. The van der Waals surface area contributed by atoms with Crippen LogP contribution in [0.3, 0.4) is 0 Å². The molecule has 0 N–H and O–H groups in total. The fourth-order valence-electron chi connectivity index (χ4n) is 3.40. The summed E-state index contributed by atoms with van der Waals surface area (Å²) < 4.78 is 2.60. The maximum Gasteiger partial charge on any atom is 0.179 e. The van der Waals surface area contributed by atoms with Crippen LogP contribution in [-0.2, 0) is 6.42 Å². The molecule has 1 fully saturated rings. The van der Waals surface area contributed by atoms with E-state index < -0.39 is 0 Å². The number of nitrogens with zero attached hydrogens (tertiary/aromatic N) is 1. The molecule has 1 aromatic heterocycles. The van der Waals surface area contributed by atoms with E-state index >= 15 is 0 Å². The van der Waals surface area contributed by atoms with Gasteiger partial charge in [-0.25, -0.2) is 0 Å². The highest BCUT2D eigenvalue weighted by Gasteiger charge is 2.29. The number of thiophene rings is 1. The summed E-state index contributed by atoms with van der Waals surface area (Å²) in [5, 5.41) is 2.47. The third kappa shape index (κ3) is 3.53. The van der Waals surface area contributed by atoms with E-state index in [1.807, 2.05) is 0 Å². The van der Waals surface area contributed by atoms with Gasteiger partial charge in [-0.2, -0.15) is 0 Å². The highest BCUT2D eigenvalue weighted by atomic mass is 32.2. The lowest BCUT2D eigenvalue weighted by atomic mass is 9.84. The lowest BCUT2D eigenvalue weighted by Gasteiger charge is -2.21. The van der Waals surface area contributed by atoms with Crippen molar-refractivity contribution in [2.75, 3.05) is 17.4 Å². The Morgan fingerprint density at radius 3 is 2.45 bits per heavy atom. The van der Waals surface area contributed by atoms with E-state index in [2.05, 4.69) is 43.1 Å². The zero-order valence-corrected chi connectivity index (χ0v) is 14.3. The molecule has 0 amide bonds. The normalized spacial score (nSPS) is 17.7. The van der Waals surface area contributed by atoms with Gasteiger partial charge in [0.1, 0.15) is 0 Å².